The number of halogens is 1. The molecule has 282 valence electrons. The van der Waals surface area contributed by atoms with Crippen LogP contribution in [0, 0.1) is 5.92 Å². The Labute approximate surface area is 312 Å². The molecule has 2 amide bonds. The fraction of sp³-hybridized carbons (Fsp3) is 0.639. The number of rotatable bonds is 7. The van der Waals surface area contributed by atoms with Crippen LogP contribution in [0.15, 0.2) is 35.9 Å². The highest BCUT2D eigenvalue weighted by Gasteiger charge is 2.63. The van der Waals surface area contributed by atoms with Gasteiger partial charge in [-0.25, -0.2) is 4.79 Å². The Hall–Kier alpha value is -2.46. The molecule has 2 N–H and O–H groups in total. The van der Waals surface area contributed by atoms with E-state index >= 15 is 0 Å². The minimum Gasteiger partial charge on any atom is -0.495 e. The predicted octanol–water partition coefficient (Wildman–Crippen LogP) is 5.62. The summed E-state index contributed by atoms with van der Waals surface area (Å²) in [5.74, 6) is -0.0856. The van der Waals surface area contributed by atoms with Gasteiger partial charge in [0.1, 0.15) is 40.3 Å². The van der Waals surface area contributed by atoms with E-state index in [1.807, 2.05) is 31.4 Å². The Bertz CT molecular complexity index is 1530. The van der Waals surface area contributed by atoms with Crippen LogP contribution in [0.1, 0.15) is 58.4 Å². The number of esters is 1. The first-order valence-electron chi connectivity index (χ1n) is 17.0. The third kappa shape index (κ3) is 8.85. The first-order chi connectivity index (χ1) is 24.1. The number of nitrogens with one attached hydrogen (secondary N) is 1. The largest absolute Gasteiger partial charge is 0.495 e. The average Bonchev–Trinajstić information content (AvgIpc) is 3.07. The number of carbonyl (C=O) groups is 3. The second kappa shape index (κ2) is 16.3. The van der Waals surface area contributed by atoms with Gasteiger partial charge in [-0.05, 0) is 64.0 Å². The van der Waals surface area contributed by atoms with Crippen molar-refractivity contribution in [2.24, 2.45) is 5.92 Å². The fourth-order valence-corrected chi connectivity index (χ4v) is 9.13. The van der Waals surface area contributed by atoms with E-state index in [9.17, 15) is 19.5 Å². The first kappa shape index (κ1) is 39.7. The lowest BCUT2D eigenvalue weighted by Gasteiger charge is -2.59. The summed E-state index contributed by atoms with van der Waals surface area (Å²) < 4.78 is 35.7. The number of aliphatic hydroxyl groups is 1. The minimum atomic E-state index is -1.82. The van der Waals surface area contributed by atoms with Crippen LogP contribution in [0.4, 0.5) is 10.5 Å². The molecule has 0 spiro atoms. The van der Waals surface area contributed by atoms with E-state index in [1.165, 1.54) is 19.1 Å². The lowest BCUT2D eigenvalue weighted by Crippen LogP contribution is -2.72. The average molecular weight is 769 g/mol. The molecular formula is C36H49ClN2O10S2. The molecule has 1 aromatic rings. The number of ether oxygens (including phenoxy) is 6. The van der Waals surface area contributed by atoms with E-state index in [0.717, 1.165) is 23.3 Å². The normalized spacial score (nSPS) is 36.1. The molecule has 3 saturated heterocycles. The lowest BCUT2D eigenvalue weighted by atomic mass is 9.72. The van der Waals surface area contributed by atoms with Gasteiger partial charge >= 0.3 is 12.1 Å². The molecule has 1 aromatic carbocycles. The molecule has 51 heavy (non-hydrogen) atoms. The highest BCUT2D eigenvalue weighted by Crippen LogP contribution is 2.50. The second-order valence-corrected chi connectivity index (χ2v) is 17.2. The minimum absolute atomic E-state index is 0.0531. The number of hydrogen-bond donors (Lipinski definition) is 2. The number of benzene rings is 1. The van der Waals surface area contributed by atoms with Crippen molar-refractivity contribution in [2.75, 3.05) is 44.8 Å². The number of nitrogens with zero attached hydrogens (tertiary/aromatic N) is 1. The summed E-state index contributed by atoms with van der Waals surface area (Å²) in [4.78, 5) is 42.1. The third-order valence-corrected chi connectivity index (χ3v) is 12.4. The molecule has 5 heterocycles. The molecule has 5 aliphatic heterocycles. The molecule has 6 bridgehead atoms. The van der Waals surface area contributed by atoms with Gasteiger partial charge in [-0.1, -0.05) is 57.0 Å². The summed E-state index contributed by atoms with van der Waals surface area (Å²) in [5, 5.41) is 14.5. The Kier molecular flexibility index (Phi) is 12.7. The Balaban J connectivity index is 1.49. The highest BCUT2D eigenvalue weighted by atomic mass is 35.5. The lowest BCUT2D eigenvalue weighted by molar-refractivity contribution is -0.328. The molecule has 2 unspecified atom stereocenters. The SMILES string of the molecule is COc1cc2cc(c1Cl)N(C)C(=O)C[C@H](OC(=O)C1CCC(CSSC)OC1)[C@@]1(C)C[C@](C)(O1)[C@@H]1C[C@@](O)(NC(=O)O1)[C@H](OC)/C=C/C=C(\C)C2. The van der Waals surface area contributed by atoms with Crippen molar-refractivity contribution in [2.45, 2.75) is 101 Å². The fourth-order valence-electron chi connectivity index (χ4n) is 7.40. The number of fused-ring (bicyclic) bond motifs is 6. The van der Waals surface area contributed by atoms with E-state index in [2.05, 4.69) is 5.32 Å². The number of amides is 2. The first-order valence-corrected chi connectivity index (χ1v) is 20.1. The van der Waals surface area contributed by atoms with Crippen LogP contribution in [0.3, 0.4) is 0 Å². The summed E-state index contributed by atoms with van der Waals surface area (Å²) in [7, 11) is 7.97. The highest BCUT2D eigenvalue weighted by molar-refractivity contribution is 8.76. The van der Waals surface area contributed by atoms with Gasteiger partial charge in [-0.15, -0.1) is 0 Å². The monoisotopic (exact) mass is 768 g/mol. The van der Waals surface area contributed by atoms with E-state index in [1.54, 1.807) is 54.6 Å². The van der Waals surface area contributed by atoms with Crippen LogP contribution in [0.5, 0.6) is 5.75 Å². The van der Waals surface area contributed by atoms with Crippen molar-refractivity contribution in [1.29, 1.82) is 0 Å². The maximum atomic E-state index is 14.1. The van der Waals surface area contributed by atoms with E-state index in [4.69, 9.17) is 40.0 Å². The zero-order valence-electron chi connectivity index (χ0n) is 30.2. The summed E-state index contributed by atoms with van der Waals surface area (Å²) >= 11 is 6.77. The van der Waals surface area contributed by atoms with Gasteiger partial charge in [0.2, 0.25) is 5.91 Å². The summed E-state index contributed by atoms with van der Waals surface area (Å²) in [6.07, 6.45) is 5.52. The molecule has 12 nitrogen and oxygen atoms in total. The van der Waals surface area contributed by atoms with E-state index in [-0.39, 0.29) is 42.9 Å². The topological polar surface area (TPSA) is 142 Å². The van der Waals surface area contributed by atoms with Gasteiger partial charge in [0, 0.05) is 32.8 Å². The number of methoxy groups -OCH3 is 2. The van der Waals surface area contributed by atoms with Crippen molar-refractivity contribution in [1.82, 2.24) is 5.32 Å². The van der Waals surface area contributed by atoms with Crippen molar-refractivity contribution in [3.05, 3.63) is 46.5 Å². The molecule has 0 aromatic heterocycles. The molecule has 5 aliphatic rings. The summed E-state index contributed by atoms with van der Waals surface area (Å²) in [6.45, 7) is 5.72. The van der Waals surface area contributed by atoms with Crippen molar-refractivity contribution in [3.63, 3.8) is 0 Å². The van der Waals surface area contributed by atoms with E-state index < -0.39 is 53.2 Å². The van der Waals surface area contributed by atoms with Crippen molar-refractivity contribution < 1.29 is 47.9 Å². The Morgan fingerprint density at radius 2 is 1.94 bits per heavy atom. The van der Waals surface area contributed by atoms with Crippen LogP contribution in [-0.4, -0.2) is 104 Å². The maximum absolute atomic E-state index is 14.1. The summed E-state index contributed by atoms with van der Waals surface area (Å²) in [6, 6.07) is 3.65. The van der Waals surface area contributed by atoms with Gasteiger partial charge in [-0.2, -0.15) is 0 Å². The molecule has 15 heteroatoms. The number of anilines is 1. The molecule has 6 rings (SSSR count). The molecular weight excluding hydrogens is 720 g/mol. The van der Waals surface area contributed by atoms with Crippen molar-refractivity contribution >= 4 is 56.8 Å². The Morgan fingerprint density at radius 1 is 1.20 bits per heavy atom. The molecule has 0 radical (unpaired) electrons. The summed E-state index contributed by atoms with van der Waals surface area (Å²) in [5.41, 5.74) is -1.81. The van der Waals surface area contributed by atoms with Crippen LogP contribution in [-0.2, 0) is 39.7 Å². The van der Waals surface area contributed by atoms with Gasteiger partial charge in [-0.3, -0.25) is 14.9 Å². The van der Waals surface area contributed by atoms with Crippen LogP contribution >= 0.6 is 33.2 Å². The standard InChI is InChI=1S/C36H49ClN2O10S2/c1-21-9-8-10-27(45-6)36(43)17-29(48-33(42)38-36)35(3)20-34(2,49-35)28(47-32(41)23-11-12-24(46-18-23)19-51-50-7)16-30(40)39(4)25-14-22(13-21)15-26(44-5)31(25)37/h8-10,14-15,23-24,27-29,43H,11-13,16-20H2,1-7H3,(H,38,42)/b10-8+,21-9+/t23?,24?,27-,28+,29+,34-,35+,36+/m1/s1. The molecule has 8 atom stereocenters. The van der Waals surface area contributed by atoms with Crippen LogP contribution in [0.2, 0.25) is 5.02 Å². The van der Waals surface area contributed by atoms with Crippen LogP contribution < -0.4 is 15.0 Å². The van der Waals surface area contributed by atoms with Gasteiger partial charge in [0.15, 0.2) is 5.72 Å². The quantitative estimate of drug-likeness (QED) is 0.263. The van der Waals surface area contributed by atoms with Crippen LogP contribution in [0.25, 0.3) is 0 Å². The van der Waals surface area contributed by atoms with Gasteiger partial charge in [0.05, 0.1) is 37.8 Å². The number of allylic oxidation sites excluding steroid dienone is 3. The third-order valence-electron chi connectivity index (χ3n) is 10.2. The zero-order chi connectivity index (χ0) is 37.1. The second-order valence-electron chi connectivity index (χ2n) is 14.2. The predicted molar refractivity (Wildman–Crippen MR) is 197 cm³/mol. The zero-order valence-corrected chi connectivity index (χ0v) is 32.6. The molecule has 0 aliphatic carbocycles. The number of carbonyl (C=O) groups excluding carboxylic acids is 3. The maximum Gasteiger partial charge on any atom is 0.409 e. The number of alkyl carbamates (subject to hydrolysis) is 1. The van der Waals surface area contributed by atoms with E-state index in [0.29, 0.717) is 24.3 Å². The molecule has 0 saturated carbocycles. The smallest absolute Gasteiger partial charge is 0.409 e. The van der Waals surface area contributed by atoms with Gasteiger partial charge in [0.25, 0.3) is 0 Å². The Morgan fingerprint density at radius 3 is 2.59 bits per heavy atom. The van der Waals surface area contributed by atoms with Gasteiger partial charge < -0.3 is 38.4 Å². The molecule has 3 fully saturated rings. The van der Waals surface area contributed by atoms with Crippen molar-refractivity contribution in [3.8, 4) is 5.75 Å². The number of hydrogen-bond acceptors (Lipinski definition) is 12.